The van der Waals surface area contributed by atoms with Crippen LogP contribution in [0.15, 0.2) is 48.9 Å². The van der Waals surface area contributed by atoms with E-state index in [2.05, 4.69) is 20.4 Å². The monoisotopic (exact) mass is 329 g/mol. The summed E-state index contributed by atoms with van der Waals surface area (Å²) in [5, 5.41) is 8.02. The van der Waals surface area contributed by atoms with Crippen molar-refractivity contribution in [3.8, 4) is 11.6 Å². The van der Waals surface area contributed by atoms with E-state index >= 15 is 0 Å². The van der Waals surface area contributed by atoms with Gasteiger partial charge in [-0.05, 0) is 19.1 Å². The van der Waals surface area contributed by atoms with Crippen LogP contribution in [-0.2, 0) is 0 Å². The minimum Gasteiger partial charge on any atom is -0.475 e. The minimum absolute atomic E-state index is 0.450. The molecule has 0 saturated heterocycles. The molecule has 3 aromatic rings. The van der Waals surface area contributed by atoms with E-state index in [0.29, 0.717) is 29.9 Å². The third-order valence-electron chi connectivity index (χ3n) is 3.19. The van der Waals surface area contributed by atoms with Crippen molar-refractivity contribution in [2.45, 2.75) is 6.92 Å². The van der Waals surface area contributed by atoms with E-state index in [9.17, 15) is 0 Å². The molecule has 0 radical (unpaired) electrons. The highest BCUT2D eigenvalue weighted by Gasteiger charge is 2.05. The lowest BCUT2D eigenvalue weighted by Crippen LogP contribution is -2.13. The number of aryl methyl sites for hydroxylation is 1. The fourth-order valence-corrected chi connectivity index (χ4v) is 2.18. The van der Waals surface area contributed by atoms with Crippen LogP contribution in [0, 0.1) is 6.92 Å². The summed E-state index contributed by atoms with van der Waals surface area (Å²) in [6.45, 7) is 2.85. The van der Waals surface area contributed by atoms with E-state index in [1.807, 2.05) is 49.5 Å². The Balaban J connectivity index is 1.52. The Morgan fingerprint density at radius 1 is 1.17 bits per heavy atom. The average molecular weight is 330 g/mol. The molecule has 0 spiro atoms. The molecular weight excluding hydrogens is 314 g/mol. The molecule has 0 unspecified atom stereocenters. The Kier molecular flexibility index (Phi) is 4.73. The zero-order valence-electron chi connectivity index (χ0n) is 12.6. The molecule has 3 rings (SSSR count). The Hall–Kier alpha value is -2.60. The van der Waals surface area contributed by atoms with Gasteiger partial charge in [-0.15, -0.1) is 5.10 Å². The lowest BCUT2D eigenvalue weighted by atomic mass is 10.3. The van der Waals surface area contributed by atoms with Gasteiger partial charge in [-0.1, -0.05) is 29.8 Å². The average Bonchev–Trinajstić information content (AvgIpc) is 3.05. The van der Waals surface area contributed by atoms with Gasteiger partial charge in [-0.2, -0.15) is 0 Å². The van der Waals surface area contributed by atoms with Crippen LogP contribution in [-0.4, -0.2) is 32.9 Å². The highest BCUT2D eigenvalue weighted by Crippen LogP contribution is 2.20. The third-order valence-corrected chi connectivity index (χ3v) is 3.65. The zero-order valence-corrected chi connectivity index (χ0v) is 13.4. The van der Waals surface area contributed by atoms with Crippen molar-refractivity contribution < 1.29 is 4.74 Å². The van der Waals surface area contributed by atoms with Crippen molar-refractivity contribution >= 4 is 17.4 Å². The number of rotatable bonds is 6. The van der Waals surface area contributed by atoms with E-state index in [0.717, 1.165) is 11.4 Å². The quantitative estimate of drug-likeness (QED) is 0.704. The van der Waals surface area contributed by atoms with Gasteiger partial charge in [-0.25, -0.2) is 14.6 Å². The summed E-state index contributed by atoms with van der Waals surface area (Å²) in [4.78, 5) is 8.12. The molecule has 118 valence electrons. The second-order valence-electron chi connectivity index (χ2n) is 4.83. The largest absolute Gasteiger partial charge is 0.475 e. The van der Waals surface area contributed by atoms with Gasteiger partial charge >= 0.3 is 0 Å². The van der Waals surface area contributed by atoms with Crippen molar-refractivity contribution in [1.82, 2.24) is 19.7 Å². The number of para-hydroxylation sites is 1. The predicted molar refractivity (Wildman–Crippen MR) is 89.3 cm³/mol. The van der Waals surface area contributed by atoms with Gasteiger partial charge in [0.25, 0.3) is 0 Å². The lowest BCUT2D eigenvalue weighted by Gasteiger charge is -2.08. The number of hydrogen-bond acceptors (Lipinski definition) is 5. The lowest BCUT2D eigenvalue weighted by molar-refractivity contribution is 0.317. The Morgan fingerprint density at radius 3 is 2.83 bits per heavy atom. The molecule has 0 bridgehead atoms. The van der Waals surface area contributed by atoms with Gasteiger partial charge in [0.2, 0.25) is 5.88 Å². The summed E-state index contributed by atoms with van der Waals surface area (Å²) in [5.41, 5.74) is 1.73. The molecule has 0 aliphatic rings. The molecule has 23 heavy (non-hydrogen) atoms. The van der Waals surface area contributed by atoms with E-state index in [4.69, 9.17) is 16.3 Å². The van der Waals surface area contributed by atoms with Crippen LogP contribution < -0.4 is 10.1 Å². The van der Waals surface area contributed by atoms with Gasteiger partial charge in [0, 0.05) is 12.3 Å². The van der Waals surface area contributed by atoms with E-state index in [-0.39, 0.29) is 0 Å². The molecule has 7 heteroatoms. The number of aromatic nitrogens is 4. The maximum atomic E-state index is 6.12. The molecule has 0 amide bonds. The Bertz CT molecular complexity index is 775. The first-order valence-electron chi connectivity index (χ1n) is 7.19. The molecule has 6 nitrogen and oxygen atoms in total. The molecule has 0 aliphatic heterocycles. The molecule has 2 heterocycles. The summed E-state index contributed by atoms with van der Waals surface area (Å²) in [6.07, 6.45) is 3.34. The van der Waals surface area contributed by atoms with Gasteiger partial charge < -0.3 is 10.1 Å². The van der Waals surface area contributed by atoms with E-state index in [1.54, 1.807) is 4.68 Å². The standard InChI is InChI=1S/C16H16ClN5O/c1-12-15(17)16(20-11-19-12)18-8-10-23-14-7-9-22(21-14)13-5-3-2-4-6-13/h2-7,9,11H,8,10H2,1H3,(H,18,19,20). The molecule has 2 aromatic heterocycles. The molecule has 1 N–H and O–H groups in total. The van der Waals surface area contributed by atoms with Crippen molar-refractivity contribution in [3.05, 3.63) is 59.6 Å². The van der Waals surface area contributed by atoms with E-state index < -0.39 is 0 Å². The smallest absolute Gasteiger partial charge is 0.233 e. The maximum Gasteiger partial charge on any atom is 0.233 e. The highest BCUT2D eigenvalue weighted by atomic mass is 35.5. The summed E-state index contributed by atoms with van der Waals surface area (Å²) < 4.78 is 7.39. The Labute approximate surface area is 139 Å². The summed E-state index contributed by atoms with van der Waals surface area (Å²) in [7, 11) is 0. The number of hydrogen-bond donors (Lipinski definition) is 1. The van der Waals surface area contributed by atoms with E-state index in [1.165, 1.54) is 6.33 Å². The molecule has 1 aromatic carbocycles. The van der Waals surface area contributed by atoms with Gasteiger partial charge in [0.05, 0.1) is 17.9 Å². The number of ether oxygens (including phenoxy) is 1. The number of benzene rings is 1. The first-order valence-corrected chi connectivity index (χ1v) is 7.57. The first-order chi connectivity index (χ1) is 11.2. The minimum atomic E-state index is 0.450. The molecule has 0 atom stereocenters. The van der Waals surface area contributed by atoms with Crippen LogP contribution in [0.1, 0.15) is 5.69 Å². The topological polar surface area (TPSA) is 64.9 Å². The fourth-order valence-electron chi connectivity index (χ4n) is 2.01. The number of halogens is 1. The SMILES string of the molecule is Cc1ncnc(NCCOc2ccn(-c3ccccc3)n2)c1Cl. The van der Waals surface area contributed by atoms with Crippen LogP contribution in [0.2, 0.25) is 5.02 Å². The summed E-state index contributed by atoms with van der Waals surface area (Å²) in [6, 6.07) is 11.7. The highest BCUT2D eigenvalue weighted by molar-refractivity contribution is 6.33. The first kappa shape index (κ1) is 15.3. The van der Waals surface area contributed by atoms with Crippen LogP contribution >= 0.6 is 11.6 Å². The van der Waals surface area contributed by atoms with Gasteiger partial charge in [0.15, 0.2) is 0 Å². The van der Waals surface area contributed by atoms with Crippen LogP contribution in [0.25, 0.3) is 5.69 Å². The van der Waals surface area contributed by atoms with Crippen LogP contribution in [0.3, 0.4) is 0 Å². The molecule has 0 aliphatic carbocycles. The predicted octanol–water partition coefficient (Wildman–Crippen LogP) is 3.12. The third kappa shape index (κ3) is 3.78. The Morgan fingerprint density at radius 2 is 2.00 bits per heavy atom. The number of anilines is 1. The number of nitrogens with one attached hydrogen (secondary N) is 1. The zero-order chi connectivity index (χ0) is 16.1. The van der Waals surface area contributed by atoms with Crippen molar-refractivity contribution in [1.29, 1.82) is 0 Å². The number of nitrogens with zero attached hydrogens (tertiary/aromatic N) is 4. The molecule has 0 saturated carbocycles. The second-order valence-corrected chi connectivity index (χ2v) is 5.21. The van der Waals surface area contributed by atoms with Crippen molar-refractivity contribution in [2.24, 2.45) is 0 Å². The maximum absolute atomic E-state index is 6.12. The second kappa shape index (κ2) is 7.11. The molecular formula is C16H16ClN5O. The summed E-state index contributed by atoms with van der Waals surface area (Å²) in [5.74, 6) is 1.18. The van der Waals surface area contributed by atoms with Crippen molar-refractivity contribution in [3.63, 3.8) is 0 Å². The van der Waals surface area contributed by atoms with Crippen LogP contribution in [0.4, 0.5) is 5.82 Å². The van der Waals surface area contributed by atoms with Crippen LogP contribution in [0.5, 0.6) is 5.88 Å². The van der Waals surface area contributed by atoms with Gasteiger partial charge in [0.1, 0.15) is 23.8 Å². The fraction of sp³-hybridized carbons (Fsp3) is 0.188. The van der Waals surface area contributed by atoms with Gasteiger partial charge in [-0.3, -0.25) is 0 Å². The normalized spacial score (nSPS) is 10.5. The summed E-state index contributed by atoms with van der Waals surface area (Å²) >= 11 is 6.12. The molecule has 0 fully saturated rings. The van der Waals surface area contributed by atoms with Crippen molar-refractivity contribution in [2.75, 3.05) is 18.5 Å².